The zero-order valence-corrected chi connectivity index (χ0v) is 16.1. The summed E-state index contributed by atoms with van der Waals surface area (Å²) in [7, 11) is 0. The van der Waals surface area contributed by atoms with Gasteiger partial charge in [-0.15, -0.1) is 0 Å². The molecule has 28 heavy (non-hydrogen) atoms. The predicted molar refractivity (Wildman–Crippen MR) is 111 cm³/mol. The van der Waals surface area contributed by atoms with Gasteiger partial charge < -0.3 is 5.11 Å². The summed E-state index contributed by atoms with van der Waals surface area (Å²) < 4.78 is 1.62. The lowest BCUT2D eigenvalue weighted by atomic mass is 9.92. The highest BCUT2D eigenvalue weighted by Crippen LogP contribution is 2.28. The van der Waals surface area contributed by atoms with Crippen LogP contribution in [0.1, 0.15) is 54.1 Å². The van der Waals surface area contributed by atoms with Gasteiger partial charge in [-0.3, -0.25) is 14.3 Å². The summed E-state index contributed by atoms with van der Waals surface area (Å²) in [6.45, 7) is 5.86. The van der Waals surface area contributed by atoms with Crippen LogP contribution >= 0.6 is 0 Å². The van der Waals surface area contributed by atoms with E-state index in [-0.39, 0.29) is 11.6 Å². The van der Waals surface area contributed by atoms with Crippen molar-refractivity contribution < 1.29 is 5.11 Å². The molecule has 5 nitrogen and oxygen atoms in total. The molecule has 1 aromatic carbocycles. The first kappa shape index (κ1) is 18.6. The third kappa shape index (κ3) is 3.50. The van der Waals surface area contributed by atoms with Crippen LogP contribution < -0.4 is 5.56 Å². The normalized spacial score (nSPS) is 19.6. The van der Waals surface area contributed by atoms with Crippen LogP contribution in [0.25, 0.3) is 17.0 Å². The van der Waals surface area contributed by atoms with Crippen molar-refractivity contribution in [1.82, 2.24) is 14.5 Å². The molecule has 0 amide bonds. The standard InChI is InChI=1S/C23H25N3O2/c1-3-18-11-17(10-16-9-8-15(2)24-13-16)12-19-22(18)25-14-26(23(19)28)20-6-4-5-7-21(20)27/h3,8-9,11-14,20-21,27H,1,4-7,10H2,2H3/t20-,21-/m0/s1. The largest absolute Gasteiger partial charge is 0.391 e. The van der Waals surface area contributed by atoms with Crippen molar-refractivity contribution >= 4 is 17.0 Å². The summed E-state index contributed by atoms with van der Waals surface area (Å²) in [6, 6.07) is 7.80. The summed E-state index contributed by atoms with van der Waals surface area (Å²) in [4.78, 5) is 22.2. The lowest BCUT2D eigenvalue weighted by molar-refractivity contribution is 0.0735. The molecule has 144 valence electrons. The molecule has 4 rings (SSSR count). The van der Waals surface area contributed by atoms with Gasteiger partial charge in [-0.1, -0.05) is 31.6 Å². The quantitative estimate of drug-likeness (QED) is 0.753. The maximum atomic E-state index is 13.3. The molecule has 0 saturated heterocycles. The highest BCUT2D eigenvalue weighted by Gasteiger charge is 2.26. The van der Waals surface area contributed by atoms with Gasteiger partial charge >= 0.3 is 0 Å². The van der Waals surface area contributed by atoms with Gasteiger partial charge in [0.15, 0.2) is 0 Å². The van der Waals surface area contributed by atoms with Crippen LogP contribution in [-0.4, -0.2) is 25.7 Å². The Kier molecular flexibility index (Phi) is 5.09. The van der Waals surface area contributed by atoms with Crippen LogP contribution in [0, 0.1) is 6.92 Å². The average Bonchev–Trinajstić information content (AvgIpc) is 2.70. The molecule has 3 aromatic rings. The van der Waals surface area contributed by atoms with E-state index in [1.807, 2.05) is 31.3 Å². The van der Waals surface area contributed by atoms with Gasteiger partial charge in [0.05, 0.1) is 29.4 Å². The number of aromatic nitrogens is 3. The third-order valence-corrected chi connectivity index (χ3v) is 5.63. The second kappa shape index (κ2) is 7.68. The van der Waals surface area contributed by atoms with E-state index in [9.17, 15) is 9.90 Å². The molecular weight excluding hydrogens is 350 g/mol. The van der Waals surface area contributed by atoms with Crippen LogP contribution in [0.15, 0.2) is 48.2 Å². The Morgan fingerprint density at radius 3 is 2.75 bits per heavy atom. The van der Waals surface area contributed by atoms with Crippen LogP contribution in [0.4, 0.5) is 0 Å². The van der Waals surface area contributed by atoms with E-state index in [1.165, 1.54) is 0 Å². The lowest BCUT2D eigenvalue weighted by Crippen LogP contribution is -2.34. The number of hydrogen-bond acceptors (Lipinski definition) is 4. The molecule has 1 fully saturated rings. The van der Waals surface area contributed by atoms with E-state index in [4.69, 9.17) is 0 Å². The number of fused-ring (bicyclic) bond motifs is 1. The summed E-state index contributed by atoms with van der Waals surface area (Å²) >= 11 is 0. The zero-order chi connectivity index (χ0) is 19.7. The molecule has 2 heterocycles. The van der Waals surface area contributed by atoms with Gasteiger partial charge in [-0.05, 0) is 55.5 Å². The first-order chi connectivity index (χ1) is 13.6. The minimum Gasteiger partial charge on any atom is -0.391 e. The van der Waals surface area contributed by atoms with E-state index in [1.54, 1.807) is 17.0 Å². The summed E-state index contributed by atoms with van der Waals surface area (Å²) in [5.74, 6) is 0. The third-order valence-electron chi connectivity index (χ3n) is 5.63. The molecule has 1 aliphatic rings. The molecule has 5 heteroatoms. The van der Waals surface area contributed by atoms with Gasteiger partial charge in [0, 0.05) is 17.5 Å². The highest BCUT2D eigenvalue weighted by molar-refractivity contribution is 5.87. The SMILES string of the molecule is C=Cc1cc(Cc2ccc(C)nc2)cc2c(=O)n([C@H]3CCCC[C@@H]3O)cnc12. The van der Waals surface area contributed by atoms with Crippen LogP contribution in [0.3, 0.4) is 0 Å². The van der Waals surface area contributed by atoms with Crippen LogP contribution in [0.5, 0.6) is 0 Å². The first-order valence-electron chi connectivity index (χ1n) is 9.82. The van der Waals surface area contributed by atoms with Crippen LogP contribution in [-0.2, 0) is 6.42 Å². The Bertz CT molecular complexity index is 1070. The molecule has 0 unspecified atom stereocenters. The second-order valence-electron chi connectivity index (χ2n) is 7.65. The Balaban J connectivity index is 1.80. The minimum absolute atomic E-state index is 0.0945. The van der Waals surface area contributed by atoms with Crippen molar-refractivity contribution in [2.75, 3.05) is 0 Å². The van der Waals surface area contributed by atoms with Crippen molar-refractivity contribution in [2.24, 2.45) is 0 Å². The average molecular weight is 375 g/mol. The number of pyridine rings is 1. The van der Waals surface area contributed by atoms with E-state index < -0.39 is 6.10 Å². The van der Waals surface area contributed by atoms with Crippen LogP contribution in [0.2, 0.25) is 0 Å². The van der Waals surface area contributed by atoms with E-state index in [2.05, 4.69) is 22.6 Å². The van der Waals surface area contributed by atoms with E-state index in [0.717, 1.165) is 48.1 Å². The molecular formula is C23H25N3O2. The Morgan fingerprint density at radius 1 is 1.21 bits per heavy atom. The Labute approximate surface area is 164 Å². The topological polar surface area (TPSA) is 68.0 Å². The molecule has 0 aliphatic heterocycles. The molecule has 1 N–H and O–H groups in total. The Hall–Kier alpha value is -2.79. The summed E-state index contributed by atoms with van der Waals surface area (Å²) in [6.07, 6.45) is 8.94. The van der Waals surface area contributed by atoms with Gasteiger partial charge in [0.1, 0.15) is 0 Å². The van der Waals surface area contributed by atoms with Crippen molar-refractivity contribution in [2.45, 2.75) is 51.2 Å². The molecule has 0 radical (unpaired) electrons. The number of hydrogen-bond donors (Lipinski definition) is 1. The number of nitrogens with zero attached hydrogens (tertiary/aromatic N) is 3. The molecule has 2 atom stereocenters. The number of benzene rings is 1. The number of rotatable bonds is 4. The second-order valence-corrected chi connectivity index (χ2v) is 7.65. The lowest BCUT2D eigenvalue weighted by Gasteiger charge is -2.29. The highest BCUT2D eigenvalue weighted by atomic mass is 16.3. The number of aryl methyl sites for hydroxylation is 1. The number of aliphatic hydroxyl groups excluding tert-OH is 1. The molecule has 1 aliphatic carbocycles. The van der Waals surface area contributed by atoms with Gasteiger partial charge in [0.25, 0.3) is 5.56 Å². The van der Waals surface area contributed by atoms with Crippen molar-refractivity contribution in [3.63, 3.8) is 0 Å². The van der Waals surface area contributed by atoms with Crippen molar-refractivity contribution in [3.8, 4) is 0 Å². The van der Waals surface area contributed by atoms with Gasteiger partial charge in [0.2, 0.25) is 0 Å². The predicted octanol–water partition coefficient (Wildman–Crippen LogP) is 3.81. The zero-order valence-electron chi connectivity index (χ0n) is 16.1. The van der Waals surface area contributed by atoms with Gasteiger partial charge in [-0.2, -0.15) is 0 Å². The number of aliphatic hydroxyl groups is 1. The smallest absolute Gasteiger partial charge is 0.261 e. The minimum atomic E-state index is -0.494. The maximum absolute atomic E-state index is 13.3. The van der Waals surface area contributed by atoms with Crippen molar-refractivity contribution in [3.05, 3.63) is 76.1 Å². The van der Waals surface area contributed by atoms with Gasteiger partial charge in [-0.25, -0.2) is 4.98 Å². The van der Waals surface area contributed by atoms with Crippen molar-refractivity contribution in [1.29, 1.82) is 0 Å². The fourth-order valence-corrected chi connectivity index (χ4v) is 4.09. The molecule has 1 saturated carbocycles. The molecule has 0 spiro atoms. The Morgan fingerprint density at radius 2 is 2.04 bits per heavy atom. The first-order valence-corrected chi connectivity index (χ1v) is 9.82. The molecule has 0 bridgehead atoms. The fourth-order valence-electron chi connectivity index (χ4n) is 4.09. The fraction of sp³-hybridized carbons (Fsp3) is 0.348. The summed E-state index contributed by atoms with van der Waals surface area (Å²) in [5.41, 5.74) is 4.50. The maximum Gasteiger partial charge on any atom is 0.261 e. The monoisotopic (exact) mass is 375 g/mol. The van der Waals surface area contributed by atoms with E-state index >= 15 is 0 Å². The molecule has 2 aromatic heterocycles. The van der Waals surface area contributed by atoms with E-state index in [0.29, 0.717) is 17.3 Å². The summed E-state index contributed by atoms with van der Waals surface area (Å²) in [5, 5.41) is 11.0.